The molecule has 0 saturated heterocycles. The van der Waals surface area contributed by atoms with Crippen molar-refractivity contribution >= 4 is 38.1 Å². The number of anilines is 1. The third kappa shape index (κ3) is 4.65. The predicted molar refractivity (Wildman–Crippen MR) is 92.0 cm³/mol. The van der Waals surface area contributed by atoms with Crippen molar-refractivity contribution in [2.24, 2.45) is 0 Å². The maximum absolute atomic E-state index is 12.1. The van der Waals surface area contributed by atoms with E-state index in [0.717, 1.165) is 0 Å². The molecule has 1 N–H and O–H groups in total. The molecular weight excluding hydrogens is 350 g/mol. The Bertz CT molecular complexity index is 812. The van der Waals surface area contributed by atoms with Crippen molar-refractivity contribution < 1.29 is 22.7 Å². The zero-order chi connectivity index (χ0) is 17.6. The van der Waals surface area contributed by atoms with Crippen LogP contribution < -0.4 is 5.32 Å². The first-order valence-electron chi connectivity index (χ1n) is 7.17. The van der Waals surface area contributed by atoms with Gasteiger partial charge in [0.05, 0.1) is 23.3 Å². The molecule has 8 heteroatoms. The number of ether oxygens (including phenoxy) is 1. The van der Waals surface area contributed by atoms with Crippen LogP contribution in [0.4, 0.5) is 5.00 Å². The minimum atomic E-state index is -3.40. The number of hydrogen-bond acceptors (Lipinski definition) is 6. The normalized spacial score (nSPS) is 11.0. The van der Waals surface area contributed by atoms with E-state index in [4.69, 9.17) is 0 Å². The summed E-state index contributed by atoms with van der Waals surface area (Å²) in [6.45, 7) is 0. The molecule has 0 saturated carbocycles. The molecule has 0 fully saturated rings. The molecular formula is C16H17NO5S2. The molecule has 1 aromatic carbocycles. The first kappa shape index (κ1) is 18.2. The zero-order valence-electron chi connectivity index (χ0n) is 13.0. The summed E-state index contributed by atoms with van der Waals surface area (Å²) in [6.07, 6.45) is 0.243. The molecule has 0 unspecified atom stereocenters. The summed E-state index contributed by atoms with van der Waals surface area (Å²) in [5.41, 5.74) is 0.285. The molecule has 0 atom stereocenters. The predicted octanol–water partition coefficient (Wildman–Crippen LogP) is 2.73. The molecule has 128 valence electrons. The molecule has 0 spiro atoms. The van der Waals surface area contributed by atoms with Crippen LogP contribution in [0.1, 0.15) is 23.2 Å². The van der Waals surface area contributed by atoms with Gasteiger partial charge in [-0.25, -0.2) is 13.2 Å². The van der Waals surface area contributed by atoms with Gasteiger partial charge in [0.2, 0.25) is 5.91 Å². The SMILES string of the molecule is COC(=O)c1ccsc1NC(=O)CCCS(=O)(=O)c1ccccc1. The van der Waals surface area contributed by atoms with Crippen LogP contribution in [-0.4, -0.2) is 33.2 Å². The third-order valence-corrected chi connectivity index (χ3v) is 5.89. The van der Waals surface area contributed by atoms with Crippen molar-refractivity contribution in [3.8, 4) is 0 Å². The quantitative estimate of drug-likeness (QED) is 0.760. The molecule has 2 rings (SSSR count). The number of carbonyl (C=O) groups is 2. The van der Waals surface area contributed by atoms with Gasteiger partial charge in [-0.2, -0.15) is 0 Å². The zero-order valence-corrected chi connectivity index (χ0v) is 14.7. The van der Waals surface area contributed by atoms with Gasteiger partial charge in [0.15, 0.2) is 9.84 Å². The Morgan fingerprint density at radius 1 is 1.17 bits per heavy atom. The monoisotopic (exact) mass is 367 g/mol. The van der Waals surface area contributed by atoms with Crippen LogP contribution in [0.3, 0.4) is 0 Å². The number of methoxy groups -OCH3 is 1. The number of esters is 1. The molecule has 0 aliphatic rings. The standard InChI is InChI=1S/C16H17NO5S2/c1-22-16(19)13-9-10-23-15(13)17-14(18)8-5-11-24(20,21)12-6-3-2-4-7-12/h2-4,6-7,9-10H,5,8,11H2,1H3,(H,17,18). The topological polar surface area (TPSA) is 89.5 Å². The summed E-state index contributed by atoms with van der Waals surface area (Å²) >= 11 is 1.21. The first-order valence-corrected chi connectivity index (χ1v) is 9.70. The number of thiophene rings is 1. The summed E-state index contributed by atoms with van der Waals surface area (Å²) in [7, 11) is -2.13. The average Bonchev–Trinajstić information content (AvgIpc) is 3.02. The largest absolute Gasteiger partial charge is 0.465 e. The molecule has 2 aromatic rings. The minimum absolute atomic E-state index is 0.0462. The second-order valence-electron chi connectivity index (χ2n) is 4.94. The molecule has 0 bridgehead atoms. The van der Waals surface area contributed by atoms with Gasteiger partial charge in [0.25, 0.3) is 0 Å². The molecule has 1 aromatic heterocycles. The van der Waals surface area contributed by atoms with Crippen LogP contribution in [0.25, 0.3) is 0 Å². The fourth-order valence-electron chi connectivity index (χ4n) is 2.03. The van der Waals surface area contributed by atoms with Gasteiger partial charge in [-0.15, -0.1) is 11.3 Å². The van der Waals surface area contributed by atoms with E-state index in [1.807, 2.05) is 0 Å². The molecule has 1 heterocycles. The van der Waals surface area contributed by atoms with Gasteiger partial charge in [-0.3, -0.25) is 4.79 Å². The lowest BCUT2D eigenvalue weighted by Crippen LogP contribution is -2.15. The van der Waals surface area contributed by atoms with Gasteiger partial charge < -0.3 is 10.1 Å². The van der Waals surface area contributed by atoms with Gasteiger partial charge in [0, 0.05) is 6.42 Å². The number of nitrogens with one attached hydrogen (secondary N) is 1. The van der Waals surface area contributed by atoms with Crippen LogP contribution in [-0.2, 0) is 19.4 Å². The lowest BCUT2D eigenvalue weighted by atomic mass is 10.3. The van der Waals surface area contributed by atoms with Crippen LogP contribution in [0.2, 0.25) is 0 Å². The Hall–Kier alpha value is -2.19. The van der Waals surface area contributed by atoms with Crippen LogP contribution >= 0.6 is 11.3 Å². The third-order valence-electron chi connectivity index (χ3n) is 3.24. The summed E-state index contributed by atoms with van der Waals surface area (Å²) < 4.78 is 28.9. The molecule has 0 aliphatic carbocycles. The Morgan fingerprint density at radius 3 is 2.54 bits per heavy atom. The summed E-state index contributed by atoms with van der Waals surface area (Å²) in [4.78, 5) is 23.7. The lowest BCUT2D eigenvalue weighted by Gasteiger charge is -2.06. The fourth-order valence-corrected chi connectivity index (χ4v) is 4.16. The number of sulfone groups is 1. The number of hydrogen-bond donors (Lipinski definition) is 1. The molecule has 0 radical (unpaired) electrons. The van der Waals surface area contributed by atoms with Crippen molar-refractivity contribution in [1.82, 2.24) is 0 Å². The van der Waals surface area contributed by atoms with Crippen molar-refractivity contribution in [2.75, 3.05) is 18.2 Å². The van der Waals surface area contributed by atoms with E-state index in [2.05, 4.69) is 10.1 Å². The van der Waals surface area contributed by atoms with E-state index >= 15 is 0 Å². The van der Waals surface area contributed by atoms with Crippen LogP contribution in [0.5, 0.6) is 0 Å². The highest BCUT2D eigenvalue weighted by Gasteiger charge is 2.17. The van der Waals surface area contributed by atoms with E-state index in [-0.39, 0.29) is 35.0 Å². The van der Waals surface area contributed by atoms with E-state index in [0.29, 0.717) is 5.00 Å². The Morgan fingerprint density at radius 2 is 1.88 bits per heavy atom. The Balaban J connectivity index is 1.88. The van der Waals surface area contributed by atoms with Crippen LogP contribution in [0, 0.1) is 0 Å². The van der Waals surface area contributed by atoms with E-state index in [1.165, 1.54) is 30.6 Å². The number of amides is 1. The summed E-state index contributed by atoms with van der Waals surface area (Å²) in [5, 5.41) is 4.68. The lowest BCUT2D eigenvalue weighted by molar-refractivity contribution is -0.116. The maximum Gasteiger partial charge on any atom is 0.340 e. The fraction of sp³-hybridized carbons (Fsp3) is 0.250. The Kier molecular flexibility index (Phi) is 6.10. The highest BCUT2D eigenvalue weighted by molar-refractivity contribution is 7.91. The Labute approximate surface area is 144 Å². The van der Waals surface area contributed by atoms with Crippen molar-refractivity contribution in [3.63, 3.8) is 0 Å². The highest BCUT2D eigenvalue weighted by Crippen LogP contribution is 2.24. The maximum atomic E-state index is 12.1. The molecule has 0 aliphatic heterocycles. The first-order chi connectivity index (χ1) is 11.4. The van der Waals surface area contributed by atoms with Crippen molar-refractivity contribution in [2.45, 2.75) is 17.7 Å². The van der Waals surface area contributed by atoms with Gasteiger partial charge in [-0.05, 0) is 30.0 Å². The molecule has 1 amide bonds. The number of benzene rings is 1. The number of rotatable bonds is 7. The summed E-state index contributed by atoms with van der Waals surface area (Å²) in [6, 6.07) is 9.68. The van der Waals surface area contributed by atoms with Gasteiger partial charge in [0.1, 0.15) is 5.00 Å². The smallest absolute Gasteiger partial charge is 0.340 e. The molecule has 24 heavy (non-hydrogen) atoms. The van der Waals surface area contributed by atoms with E-state index in [1.54, 1.807) is 29.6 Å². The van der Waals surface area contributed by atoms with Gasteiger partial charge in [-0.1, -0.05) is 18.2 Å². The van der Waals surface area contributed by atoms with Crippen molar-refractivity contribution in [3.05, 3.63) is 47.3 Å². The molecule has 6 nitrogen and oxygen atoms in total. The second-order valence-corrected chi connectivity index (χ2v) is 7.96. The van der Waals surface area contributed by atoms with Crippen LogP contribution in [0.15, 0.2) is 46.7 Å². The minimum Gasteiger partial charge on any atom is -0.465 e. The van der Waals surface area contributed by atoms with Gasteiger partial charge >= 0.3 is 5.97 Å². The van der Waals surface area contributed by atoms with Crippen molar-refractivity contribution in [1.29, 1.82) is 0 Å². The summed E-state index contributed by atoms with van der Waals surface area (Å²) in [5.74, 6) is -0.984. The highest BCUT2D eigenvalue weighted by atomic mass is 32.2. The van der Waals surface area contributed by atoms with E-state index < -0.39 is 15.8 Å². The average molecular weight is 367 g/mol. The van der Waals surface area contributed by atoms with E-state index in [9.17, 15) is 18.0 Å². The number of carbonyl (C=O) groups excluding carboxylic acids is 2. The second kappa shape index (κ2) is 8.07.